The molecule has 4 nitrogen and oxygen atoms in total. The lowest BCUT2D eigenvalue weighted by Crippen LogP contribution is -2.07. The van der Waals surface area contributed by atoms with Gasteiger partial charge in [0, 0.05) is 12.1 Å². The second-order valence-electron chi connectivity index (χ2n) is 4.46. The molecule has 0 unspecified atom stereocenters. The molecule has 0 atom stereocenters. The summed E-state index contributed by atoms with van der Waals surface area (Å²) in [7, 11) is 1.13. The van der Waals surface area contributed by atoms with Crippen LogP contribution in [0.2, 0.25) is 0 Å². The number of ether oxygens (including phenoxy) is 2. The van der Waals surface area contributed by atoms with Gasteiger partial charge in [0.1, 0.15) is 23.3 Å². The fourth-order valence-corrected chi connectivity index (χ4v) is 1.63. The average Bonchev–Trinajstić information content (AvgIpc) is 2.55. The van der Waals surface area contributed by atoms with Crippen LogP contribution in [-0.4, -0.2) is 25.7 Å². The summed E-state index contributed by atoms with van der Waals surface area (Å²) in [5.41, 5.74) is -0.512. The fraction of sp³-hybridized carbons (Fsp3) is 0.176. The molecule has 0 radical (unpaired) electrons. The van der Waals surface area contributed by atoms with Gasteiger partial charge in [-0.2, -0.15) is 0 Å². The summed E-state index contributed by atoms with van der Waals surface area (Å²) in [5.74, 6) is -4.85. The smallest absolute Gasteiger partial charge is 0.341 e. The van der Waals surface area contributed by atoms with Crippen LogP contribution in [0.25, 0.3) is 0 Å². The van der Waals surface area contributed by atoms with Gasteiger partial charge < -0.3 is 9.47 Å². The molecule has 0 spiro atoms. The lowest BCUT2D eigenvalue weighted by molar-refractivity contribution is 0.0519. The van der Waals surface area contributed by atoms with E-state index < -0.39 is 35.2 Å². The third-order valence-corrected chi connectivity index (χ3v) is 2.76. The Labute approximate surface area is 141 Å². The molecular formula is C17H14F4O4. The Balaban J connectivity index is 0.000000251. The monoisotopic (exact) mass is 358 g/mol. The van der Waals surface area contributed by atoms with Crippen molar-refractivity contribution in [3.8, 4) is 0 Å². The molecule has 2 rings (SSSR count). The van der Waals surface area contributed by atoms with Crippen molar-refractivity contribution in [3.63, 3.8) is 0 Å². The molecule has 0 amide bonds. The van der Waals surface area contributed by atoms with Gasteiger partial charge in [0.15, 0.2) is 0 Å². The Morgan fingerprint density at radius 2 is 1.28 bits per heavy atom. The molecule has 0 aliphatic rings. The van der Waals surface area contributed by atoms with Crippen LogP contribution in [0.15, 0.2) is 36.4 Å². The van der Waals surface area contributed by atoms with E-state index in [9.17, 15) is 27.2 Å². The van der Waals surface area contributed by atoms with Crippen molar-refractivity contribution in [2.75, 3.05) is 13.7 Å². The van der Waals surface area contributed by atoms with Crippen LogP contribution >= 0.6 is 0 Å². The minimum absolute atomic E-state index is 0.162. The first-order valence-electron chi connectivity index (χ1n) is 6.95. The normalized spacial score (nSPS) is 9.68. The maximum atomic E-state index is 12.9. The van der Waals surface area contributed by atoms with Gasteiger partial charge >= 0.3 is 11.9 Å². The second kappa shape index (κ2) is 9.41. The summed E-state index contributed by atoms with van der Waals surface area (Å²) in [6, 6.07) is 5.38. The maximum absolute atomic E-state index is 12.9. The highest BCUT2D eigenvalue weighted by molar-refractivity contribution is 5.90. The van der Waals surface area contributed by atoms with E-state index in [0.29, 0.717) is 12.1 Å². The van der Waals surface area contributed by atoms with Gasteiger partial charge in [-0.1, -0.05) is 0 Å². The van der Waals surface area contributed by atoms with Gasteiger partial charge in [-0.25, -0.2) is 27.2 Å². The summed E-state index contributed by atoms with van der Waals surface area (Å²) >= 11 is 0. The molecule has 0 N–H and O–H groups in total. The molecule has 8 heteroatoms. The van der Waals surface area contributed by atoms with Crippen LogP contribution in [0.3, 0.4) is 0 Å². The van der Waals surface area contributed by atoms with Gasteiger partial charge in [0.25, 0.3) is 0 Å². The zero-order chi connectivity index (χ0) is 19.0. The highest BCUT2D eigenvalue weighted by Gasteiger charge is 2.13. The first-order valence-corrected chi connectivity index (χ1v) is 6.95. The van der Waals surface area contributed by atoms with E-state index in [1.165, 1.54) is 0 Å². The number of hydrogen-bond donors (Lipinski definition) is 0. The number of hydrogen-bond acceptors (Lipinski definition) is 4. The SMILES string of the molecule is CCOC(=O)c1ccc(F)cc1F.COC(=O)c1ccc(F)cc1F. The van der Waals surface area contributed by atoms with E-state index in [1.54, 1.807) is 6.92 Å². The van der Waals surface area contributed by atoms with Crippen LogP contribution in [0, 0.1) is 23.3 Å². The van der Waals surface area contributed by atoms with Crippen molar-refractivity contribution in [3.05, 3.63) is 70.8 Å². The van der Waals surface area contributed by atoms with Crippen molar-refractivity contribution < 1.29 is 36.6 Å². The number of halogens is 4. The molecule has 0 fully saturated rings. The fourth-order valence-electron chi connectivity index (χ4n) is 1.63. The molecular weight excluding hydrogens is 344 g/mol. The van der Waals surface area contributed by atoms with Crippen molar-refractivity contribution in [2.45, 2.75) is 6.92 Å². The third-order valence-electron chi connectivity index (χ3n) is 2.76. The summed E-state index contributed by atoms with van der Waals surface area (Å²) in [5, 5.41) is 0. The number of rotatable bonds is 3. The zero-order valence-corrected chi connectivity index (χ0v) is 13.3. The molecule has 134 valence electrons. The van der Waals surface area contributed by atoms with Crippen molar-refractivity contribution in [1.29, 1.82) is 0 Å². The Morgan fingerprint density at radius 1 is 0.840 bits per heavy atom. The molecule has 0 aromatic heterocycles. The van der Waals surface area contributed by atoms with E-state index in [-0.39, 0.29) is 17.7 Å². The Hall–Kier alpha value is -2.90. The molecule has 0 saturated carbocycles. The minimum atomic E-state index is -0.915. The minimum Gasteiger partial charge on any atom is -0.465 e. The predicted octanol–water partition coefficient (Wildman–Crippen LogP) is 3.89. The van der Waals surface area contributed by atoms with Gasteiger partial charge in [0.05, 0.1) is 24.8 Å². The summed E-state index contributed by atoms with van der Waals surface area (Å²) in [6.45, 7) is 1.77. The number of esters is 2. The Bertz CT molecular complexity index is 762. The first-order chi connectivity index (χ1) is 11.8. The summed E-state index contributed by atoms with van der Waals surface area (Å²) in [4.78, 5) is 21.8. The van der Waals surface area contributed by atoms with E-state index in [1.807, 2.05) is 0 Å². The molecule has 0 bridgehead atoms. The molecule has 25 heavy (non-hydrogen) atoms. The van der Waals surface area contributed by atoms with Gasteiger partial charge in [-0.3, -0.25) is 0 Å². The number of methoxy groups -OCH3 is 1. The summed E-state index contributed by atoms with van der Waals surface area (Å²) < 4.78 is 59.2. The zero-order valence-electron chi connectivity index (χ0n) is 13.3. The Morgan fingerprint density at radius 3 is 1.64 bits per heavy atom. The summed E-state index contributed by atoms with van der Waals surface area (Å²) in [6.07, 6.45) is 0. The number of carbonyl (C=O) groups excluding carboxylic acids is 2. The van der Waals surface area contributed by atoms with Crippen LogP contribution in [0.4, 0.5) is 17.6 Å². The van der Waals surface area contributed by atoms with Gasteiger partial charge in [0.2, 0.25) is 0 Å². The van der Waals surface area contributed by atoms with E-state index in [4.69, 9.17) is 0 Å². The Kier molecular flexibility index (Phi) is 7.58. The predicted molar refractivity (Wildman–Crippen MR) is 80.0 cm³/mol. The highest BCUT2D eigenvalue weighted by Crippen LogP contribution is 2.11. The molecule has 2 aromatic rings. The van der Waals surface area contributed by atoms with E-state index in [2.05, 4.69) is 9.47 Å². The quantitative estimate of drug-likeness (QED) is 0.617. The van der Waals surface area contributed by atoms with Crippen LogP contribution in [0.1, 0.15) is 27.6 Å². The largest absolute Gasteiger partial charge is 0.465 e. The van der Waals surface area contributed by atoms with E-state index >= 15 is 0 Å². The van der Waals surface area contributed by atoms with Crippen LogP contribution < -0.4 is 0 Å². The number of benzene rings is 2. The third kappa shape index (κ3) is 5.91. The second-order valence-corrected chi connectivity index (χ2v) is 4.46. The lowest BCUT2D eigenvalue weighted by Gasteiger charge is -2.02. The van der Waals surface area contributed by atoms with Crippen LogP contribution in [-0.2, 0) is 9.47 Å². The molecule has 0 heterocycles. The van der Waals surface area contributed by atoms with E-state index in [0.717, 1.165) is 31.4 Å². The lowest BCUT2D eigenvalue weighted by atomic mass is 10.2. The molecule has 0 aliphatic carbocycles. The standard InChI is InChI=1S/C9H8F2O2.C8H6F2O2/c1-2-13-9(12)7-4-3-6(10)5-8(7)11;1-12-8(11)6-3-2-5(9)4-7(6)10/h3-5H,2H2,1H3;2-4H,1H3. The van der Waals surface area contributed by atoms with Crippen molar-refractivity contribution in [2.24, 2.45) is 0 Å². The average molecular weight is 358 g/mol. The van der Waals surface area contributed by atoms with Crippen LogP contribution in [0.5, 0.6) is 0 Å². The number of carbonyl (C=O) groups is 2. The van der Waals surface area contributed by atoms with Gasteiger partial charge in [-0.05, 0) is 31.2 Å². The van der Waals surface area contributed by atoms with Crippen molar-refractivity contribution in [1.82, 2.24) is 0 Å². The maximum Gasteiger partial charge on any atom is 0.341 e. The molecule has 0 aliphatic heterocycles. The molecule has 0 saturated heterocycles. The van der Waals surface area contributed by atoms with Crippen molar-refractivity contribution >= 4 is 11.9 Å². The topological polar surface area (TPSA) is 52.6 Å². The molecule has 2 aromatic carbocycles. The first kappa shape index (κ1) is 20.1. The highest BCUT2D eigenvalue weighted by atomic mass is 19.1. The van der Waals surface area contributed by atoms with Gasteiger partial charge in [-0.15, -0.1) is 0 Å².